The molecule has 5 nitrogen and oxygen atoms in total. The van der Waals surface area contributed by atoms with Crippen LogP contribution in [0.1, 0.15) is 32.4 Å². The summed E-state index contributed by atoms with van der Waals surface area (Å²) in [6.45, 7) is 9.45. The van der Waals surface area contributed by atoms with Crippen LogP contribution >= 0.6 is 0 Å². The van der Waals surface area contributed by atoms with E-state index < -0.39 is 0 Å². The minimum atomic E-state index is 0.0413. The third-order valence-corrected chi connectivity index (χ3v) is 4.15. The molecule has 1 heterocycles. The molecule has 1 aliphatic heterocycles. The van der Waals surface area contributed by atoms with Crippen LogP contribution in [0.5, 0.6) is 5.75 Å². The molecule has 1 aliphatic rings. The molecular weight excluding hydrogens is 278 g/mol. The summed E-state index contributed by atoms with van der Waals surface area (Å²) < 4.78 is 5.46. The summed E-state index contributed by atoms with van der Waals surface area (Å²) in [5.74, 6) is 0.926. The van der Waals surface area contributed by atoms with Gasteiger partial charge in [-0.15, -0.1) is 0 Å². The Labute approximate surface area is 133 Å². The smallest absolute Gasteiger partial charge is 0.317 e. The molecule has 1 unspecified atom stereocenters. The van der Waals surface area contributed by atoms with Gasteiger partial charge in [-0.05, 0) is 26.8 Å². The summed E-state index contributed by atoms with van der Waals surface area (Å²) in [5, 5.41) is 2.95. The third kappa shape index (κ3) is 3.91. The second kappa shape index (κ2) is 7.49. The summed E-state index contributed by atoms with van der Waals surface area (Å²) in [7, 11) is 1.71. The number of amides is 2. The van der Waals surface area contributed by atoms with Crippen molar-refractivity contribution in [2.45, 2.75) is 32.9 Å². The molecule has 0 aliphatic carbocycles. The van der Waals surface area contributed by atoms with E-state index in [0.29, 0.717) is 0 Å². The average molecular weight is 305 g/mol. The number of carbonyl (C=O) groups excluding carboxylic acids is 1. The standard InChI is InChI=1S/C17H27N3O2/c1-13(2)18-17(21)20-11-9-19(10-12-20)14(3)15-7-5-6-8-16(15)22-4/h5-8,13-14H,9-12H2,1-4H3,(H,18,21). The van der Waals surface area contributed by atoms with E-state index in [1.165, 1.54) is 5.56 Å². The van der Waals surface area contributed by atoms with E-state index in [4.69, 9.17) is 4.74 Å². The third-order valence-electron chi connectivity index (χ3n) is 4.15. The van der Waals surface area contributed by atoms with Crippen LogP contribution in [-0.2, 0) is 0 Å². The highest BCUT2D eigenvalue weighted by Crippen LogP contribution is 2.29. The van der Waals surface area contributed by atoms with Gasteiger partial charge in [0.25, 0.3) is 0 Å². The molecule has 1 saturated heterocycles. The van der Waals surface area contributed by atoms with Crippen LogP contribution in [0.3, 0.4) is 0 Å². The monoisotopic (exact) mass is 305 g/mol. The van der Waals surface area contributed by atoms with Crippen LogP contribution < -0.4 is 10.1 Å². The molecule has 1 aromatic rings. The molecule has 1 atom stereocenters. The number of ether oxygens (including phenoxy) is 1. The number of benzene rings is 1. The van der Waals surface area contributed by atoms with Crippen molar-refractivity contribution in [1.82, 2.24) is 15.1 Å². The van der Waals surface area contributed by atoms with E-state index in [2.05, 4.69) is 23.2 Å². The maximum atomic E-state index is 12.0. The Balaban J connectivity index is 1.95. The Bertz CT molecular complexity index is 496. The van der Waals surface area contributed by atoms with Gasteiger partial charge in [0.05, 0.1) is 7.11 Å². The number of para-hydroxylation sites is 1. The Kier molecular flexibility index (Phi) is 5.66. The number of nitrogens with zero attached hydrogens (tertiary/aromatic N) is 2. The molecular formula is C17H27N3O2. The SMILES string of the molecule is COc1ccccc1C(C)N1CCN(C(=O)NC(C)C)CC1. The fraction of sp³-hybridized carbons (Fsp3) is 0.588. The van der Waals surface area contributed by atoms with Crippen LogP contribution in [0.4, 0.5) is 4.79 Å². The quantitative estimate of drug-likeness (QED) is 0.929. The van der Waals surface area contributed by atoms with E-state index in [9.17, 15) is 4.79 Å². The fourth-order valence-corrected chi connectivity index (χ4v) is 2.86. The molecule has 2 rings (SSSR count). The molecule has 22 heavy (non-hydrogen) atoms. The lowest BCUT2D eigenvalue weighted by Gasteiger charge is -2.38. The number of carbonyl (C=O) groups is 1. The van der Waals surface area contributed by atoms with Crippen molar-refractivity contribution in [2.24, 2.45) is 0 Å². The van der Waals surface area contributed by atoms with Crippen LogP contribution in [0.15, 0.2) is 24.3 Å². The first-order chi connectivity index (χ1) is 10.5. The summed E-state index contributed by atoms with van der Waals surface area (Å²) in [5.41, 5.74) is 1.20. The molecule has 0 saturated carbocycles. The Morgan fingerprint density at radius 1 is 1.14 bits per heavy atom. The van der Waals surface area contributed by atoms with Gasteiger partial charge in [-0.1, -0.05) is 18.2 Å². The van der Waals surface area contributed by atoms with E-state index in [-0.39, 0.29) is 18.1 Å². The zero-order valence-electron chi connectivity index (χ0n) is 14.0. The minimum absolute atomic E-state index is 0.0413. The van der Waals surface area contributed by atoms with Crippen LogP contribution in [0.2, 0.25) is 0 Å². The fourth-order valence-electron chi connectivity index (χ4n) is 2.86. The molecule has 0 aromatic heterocycles. The van der Waals surface area contributed by atoms with E-state index in [1.807, 2.05) is 36.9 Å². The first kappa shape index (κ1) is 16.6. The van der Waals surface area contributed by atoms with Gasteiger partial charge in [0.1, 0.15) is 5.75 Å². The lowest BCUT2D eigenvalue weighted by atomic mass is 10.0. The van der Waals surface area contributed by atoms with Gasteiger partial charge in [-0.25, -0.2) is 4.79 Å². The normalized spacial score (nSPS) is 17.4. The average Bonchev–Trinajstić information content (AvgIpc) is 2.53. The Morgan fingerprint density at radius 2 is 1.77 bits per heavy atom. The van der Waals surface area contributed by atoms with Crippen molar-refractivity contribution in [1.29, 1.82) is 0 Å². The van der Waals surface area contributed by atoms with Crippen molar-refractivity contribution >= 4 is 6.03 Å². The van der Waals surface area contributed by atoms with Gasteiger partial charge in [0.15, 0.2) is 0 Å². The Hall–Kier alpha value is -1.75. The lowest BCUT2D eigenvalue weighted by molar-refractivity contribution is 0.112. The predicted molar refractivity (Wildman–Crippen MR) is 88.2 cm³/mol. The minimum Gasteiger partial charge on any atom is -0.496 e. The molecule has 1 N–H and O–H groups in total. The van der Waals surface area contributed by atoms with E-state index in [0.717, 1.165) is 31.9 Å². The van der Waals surface area contributed by atoms with Crippen LogP contribution in [-0.4, -0.2) is 55.2 Å². The molecule has 0 spiro atoms. The number of hydrogen-bond acceptors (Lipinski definition) is 3. The zero-order chi connectivity index (χ0) is 16.1. The van der Waals surface area contributed by atoms with Gasteiger partial charge in [0.2, 0.25) is 0 Å². The highest BCUT2D eigenvalue weighted by Gasteiger charge is 2.26. The Morgan fingerprint density at radius 3 is 2.36 bits per heavy atom. The topological polar surface area (TPSA) is 44.8 Å². The van der Waals surface area contributed by atoms with Crippen molar-refractivity contribution in [2.75, 3.05) is 33.3 Å². The summed E-state index contributed by atoms with van der Waals surface area (Å²) in [4.78, 5) is 16.3. The summed E-state index contributed by atoms with van der Waals surface area (Å²) in [6, 6.07) is 8.65. The van der Waals surface area contributed by atoms with Crippen LogP contribution in [0.25, 0.3) is 0 Å². The largest absolute Gasteiger partial charge is 0.496 e. The summed E-state index contributed by atoms with van der Waals surface area (Å²) in [6.07, 6.45) is 0. The molecule has 2 amide bonds. The molecule has 0 radical (unpaired) electrons. The first-order valence-corrected chi connectivity index (χ1v) is 7.95. The van der Waals surface area contributed by atoms with Gasteiger partial charge >= 0.3 is 6.03 Å². The number of piperazine rings is 1. The van der Waals surface area contributed by atoms with Gasteiger partial charge in [-0.3, -0.25) is 4.90 Å². The first-order valence-electron chi connectivity index (χ1n) is 7.95. The summed E-state index contributed by atoms with van der Waals surface area (Å²) >= 11 is 0. The molecule has 0 bridgehead atoms. The second-order valence-corrected chi connectivity index (χ2v) is 6.05. The van der Waals surface area contributed by atoms with Gasteiger partial charge in [-0.2, -0.15) is 0 Å². The zero-order valence-corrected chi connectivity index (χ0v) is 14.0. The lowest BCUT2D eigenvalue weighted by Crippen LogP contribution is -2.53. The number of rotatable bonds is 4. The highest BCUT2D eigenvalue weighted by atomic mass is 16.5. The molecule has 122 valence electrons. The molecule has 1 fully saturated rings. The van der Waals surface area contributed by atoms with Crippen LogP contribution in [0, 0.1) is 0 Å². The molecule has 1 aromatic carbocycles. The van der Waals surface area contributed by atoms with Gasteiger partial charge in [0, 0.05) is 43.8 Å². The van der Waals surface area contributed by atoms with Crippen molar-refractivity contribution in [3.8, 4) is 5.75 Å². The maximum absolute atomic E-state index is 12.0. The number of hydrogen-bond donors (Lipinski definition) is 1. The highest BCUT2D eigenvalue weighted by molar-refractivity contribution is 5.74. The number of nitrogens with one attached hydrogen (secondary N) is 1. The maximum Gasteiger partial charge on any atom is 0.317 e. The second-order valence-electron chi connectivity index (χ2n) is 6.05. The predicted octanol–water partition coefficient (Wildman–Crippen LogP) is 2.49. The van der Waals surface area contributed by atoms with E-state index >= 15 is 0 Å². The van der Waals surface area contributed by atoms with Gasteiger partial charge < -0.3 is 15.0 Å². The van der Waals surface area contributed by atoms with Crippen molar-refractivity contribution in [3.63, 3.8) is 0 Å². The molecule has 5 heteroatoms. The van der Waals surface area contributed by atoms with Crippen molar-refractivity contribution < 1.29 is 9.53 Å². The number of methoxy groups -OCH3 is 1. The van der Waals surface area contributed by atoms with Crippen molar-refractivity contribution in [3.05, 3.63) is 29.8 Å². The number of urea groups is 1. The van der Waals surface area contributed by atoms with E-state index in [1.54, 1.807) is 7.11 Å².